The van der Waals surface area contributed by atoms with Crippen LogP contribution in [0.25, 0.3) is 0 Å². The molecule has 1 heterocycles. The summed E-state index contributed by atoms with van der Waals surface area (Å²) in [6.07, 6.45) is 3.66. The molecule has 106 valence electrons. The van der Waals surface area contributed by atoms with Crippen LogP contribution in [0.15, 0.2) is 18.2 Å². The molecule has 0 bridgehead atoms. The molecule has 0 aliphatic heterocycles. The van der Waals surface area contributed by atoms with Crippen LogP contribution in [0.5, 0.6) is 0 Å². The first kappa shape index (κ1) is 14.5. The fourth-order valence-corrected chi connectivity index (χ4v) is 3.15. The summed E-state index contributed by atoms with van der Waals surface area (Å²) in [4.78, 5) is 7.12. The van der Waals surface area contributed by atoms with Gasteiger partial charge in [-0.25, -0.2) is 0 Å². The van der Waals surface area contributed by atoms with Crippen molar-refractivity contribution in [2.75, 3.05) is 6.54 Å². The largest absolute Gasteiger partial charge is 0.326 e. The summed E-state index contributed by atoms with van der Waals surface area (Å²) in [6.45, 7) is 8.58. The highest BCUT2D eigenvalue weighted by Gasteiger charge is 2.30. The van der Waals surface area contributed by atoms with Gasteiger partial charge in [-0.15, -0.1) is 0 Å². The van der Waals surface area contributed by atoms with Gasteiger partial charge in [-0.05, 0) is 50.8 Å². The molecule has 19 heavy (non-hydrogen) atoms. The van der Waals surface area contributed by atoms with Crippen LogP contribution >= 0.6 is 0 Å². The fraction of sp³-hybridized carbons (Fsp3) is 0.688. The smallest absolute Gasteiger partial charge is 0.0547 e. The van der Waals surface area contributed by atoms with Crippen molar-refractivity contribution in [3.05, 3.63) is 29.6 Å². The van der Waals surface area contributed by atoms with E-state index in [1.165, 1.54) is 12.8 Å². The molecular formula is C16H27N3. The molecule has 3 unspecified atom stereocenters. The van der Waals surface area contributed by atoms with Crippen LogP contribution in [0.2, 0.25) is 0 Å². The van der Waals surface area contributed by atoms with Crippen molar-refractivity contribution in [1.29, 1.82) is 0 Å². The predicted octanol–water partition coefficient (Wildman–Crippen LogP) is 2.73. The Morgan fingerprint density at radius 2 is 2.16 bits per heavy atom. The normalized spacial score (nSPS) is 27.7. The van der Waals surface area contributed by atoms with Crippen molar-refractivity contribution in [2.24, 2.45) is 11.7 Å². The van der Waals surface area contributed by atoms with Crippen LogP contribution in [-0.4, -0.2) is 28.5 Å². The standard InChI is InChI=1S/C16H27N3/c1-4-19(11-14-7-5-6-13(3)18-14)16-10-12(2)8-9-15(16)17/h5-7,12,15-16H,4,8-11,17H2,1-3H3. The molecule has 3 nitrogen and oxygen atoms in total. The quantitative estimate of drug-likeness (QED) is 0.906. The third-order valence-corrected chi connectivity index (χ3v) is 4.32. The van der Waals surface area contributed by atoms with E-state index < -0.39 is 0 Å². The Labute approximate surface area is 117 Å². The summed E-state index contributed by atoms with van der Waals surface area (Å²) in [7, 11) is 0. The minimum Gasteiger partial charge on any atom is -0.326 e. The maximum Gasteiger partial charge on any atom is 0.0547 e. The fourth-order valence-electron chi connectivity index (χ4n) is 3.15. The highest BCUT2D eigenvalue weighted by atomic mass is 15.2. The van der Waals surface area contributed by atoms with Crippen LogP contribution < -0.4 is 5.73 Å². The van der Waals surface area contributed by atoms with Crippen molar-refractivity contribution in [3.8, 4) is 0 Å². The molecule has 3 atom stereocenters. The van der Waals surface area contributed by atoms with Crippen molar-refractivity contribution in [2.45, 2.75) is 58.7 Å². The average molecular weight is 261 g/mol. The van der Waals surface area contributed by atoms with E-state index in [1.807, 2.05) is 13.0 Å². The lowest BCUT2D eigenvalue weighted by Crippen LogP contribution is -2.50. The first-order chi connectivity index (χ1) is 9.10. The summed E-state index contributed by atoms with van der Waals surface area (Å²) >= 11 is 0. The molecular weight excluding hydrogens is 234 g/mol. The lowest BCUT2D eigenvalue weighted by molar-refractivity contribution is 0.113. The lowest BCUT2D eigenvalue weighted by Gasteiger charge is -2.40. The first-order valence-electron chi connectivity index (χ1n) is 7.52. The summed E-state index contributed by atoms with van der Waals surface area (Å²) in [5.41, 5.74) is 8.59. The highest BCUT2D eigenvalue weighted by molar-refractivity contribution is 5.10. The Morgan fingerprint density at radius 3 is 2.84 bits per heavy atom. The summed E-state index contributed by atoms with van der Waals surface area (Å²) in [5.74, 6) is 0.796. The summed E-state index contributed by atoms with van der Waals surface area (Å²) in [5, 5.41) is 0. The first-order valence-corrected chi connectivity index (χ1v) is 7.52. The number of nitrogens with two attached hydrogens (primary N) is 1. The molecule has 1 aromatic rings. The van der Waals surface area contributed by atoms with Gasteiger partial charge in [0.15, 0.2) is 0 Å². The van der Waals surface area contributed by atoms with Gasteiger partial charge in [0.1, 0.15) is 0 Å². The van der Waals surface area contributed by atoms with Crippen LogP contribution in [0.4, 0.5) is 0 Å². The van der Waals surface area contributed by atoms with E-state index in [-0.39, 0.29) is 0 Å². The van der Waals surface area contributed by atoms with Gasteiger partial charge in [-0.1, -0.05) is 19.9 Å². The molecule has 1 fully saturated rings. The van der Waals surface area contributed by atoms with Gasteiger partial charge in [0.2, 0.25) is 0 Å². The molecule has 1 aliphatic carbocycles. The van der Waals surface area contributed by atoms with Crippen molar-refractivity contribution in [3.63, 3.8) is 0 Å². The Hall–Kier alpha value is -0.930. The number of hydrogen-bond donors (Lipinski definition) is 1. The Morgan fingerprint density at radius 1 is 1.37 bits per heavy atom. The molecule has 0 radical (unpaired) electrons. The Bertz CT molecular complexity index is 405. The van der Waals surface area contributed by atoms with Gasteiger partial charge in [-0.3, -0.25) is 9.88 Å². The molecule has 1 aromatic heterocycles. The second-order valence-electron chi connectivity index (χ2n) is 5.98. The predicted molar refractivity (Wildman–Crippen MR) is 79.8 cm³/mol. The zero-order chi connectivity index (χ0) is 13.8. The Kier molecular flexibility index (Phi) is 4.94. The second-order valence-corrected chi connectivity index (χ2v) is 5.98. The maximum atomic E-state index is 6.34. The van der Waals surface area contributed by atoms with E-state index in [4.69, 9.17) is 5.73 Å². The molecule has 0 amide bonds. The number of nitrogens with zero attached hydrogens (tertiary/aromatic N) is 2. The number of pyridine rings is 1. The van der Waals surface area contributed by atoms with E-state index in [1.54, 1.807) is 0 Å². The van der Waals surface area contributed by atoms with E-state index in [9.17, 15) is 0 Å². The van der Waals surface area contributed by atoms with Gasteiger partial charge in [0.05, 0.1) is 5.69 Å². The molecule has 0 aromatic carbocycles. The van der Waals surface area contributed by atoms with Crippen molar-refractivity contribution in [1.82, 2.24) is 9.88 Å². The van der Waals surface area contributed by atoms with Gasteiger partial charge in [0.25, 0.3) is 0 Å². The van der Waals surface area contributed by atoms with E-state index in [0.717, 1.165) is 36.8 Å². The summed E-state index contributed by atoms with van der Waals surface area (Å²) < 4.78 is 0. The molecule has 0 spiro atoms. The van der Waals surface area contributed by atoms with Crippen LogP contribution in [0, 0.1) is 12.8 Å². The number of hydrogen-bond acceptors (Lipinski definition) is 3. The van der Waals surface area contributed by atoms with Gasteiger partial charge in [-0.2, -0.15) is 0 Å². The monoisotopic (exact) mass is 261 g/mol. The molecule has 3 heteroatoms. The van der Waals surface area contributed by atoms with Crippen molar-refractivity contribution < 1.29 is 0 Å². The lowest BCUT2D eigenvalue weighted by atomic mass is 9.83. The highest BCUT2D eigenvalue weighted by Crippen LogP contribution is 2.27. The third kappa shape index (κ3) is 3.77. The van der Waals surface area contributed by atoms with Gasteiger partial charge >= 0.3 is 0 Å². The van der Waals surface area contributed by atoms with Gasteiger partial charge in [0, 0.05) is 24.3 Å². The van der Waals surface area contributed by atoms with Crippen LogP contribution in [-0.2, 0) is 6.54 Å². The SMILES string of the molecule is CCN(Cc1cccc(C)n1)C1CC(C)CCC1N. The average Bonchev–Trinajstić information content (AvgIpc) is 2.39. The van der Waals surface area contributed by atoms with Gasteiger partial charge < -0.3 is 5.73 Å². The maximum absolute atomic E-state index is 6.34. The third-order valence-electron chi connectivity index (χ3n) is 4.32. The number of aromatic nitrogens is 1. The van der Waals surface area contributed by atoms with E-state index >= 15 is 0 Å². The topological polar surface area (TPSA) is 42.2 Å². The van der Waals surface area contributed by atoms with E-state index in [2.05, 4.69) is 35.9 Å². The molecule has 1 aliphatic rings. The van der Waals surface area contributed by atoms with Crippen LogP contribution in [0.3, 0.4) is 0 Å². The Balaban J connectivity index is 2.06. The number of aryl methyl sites for hydroxylation is 1. The zero-order valence-electron chi connectivity index (χ0n) is 12.5. The molecule has 2 rings (SSSR count). The summed E-state index contributed by atoms with van der Waals surface area (Å²) in [6, 6.07) is 7.09. The minimum absolute atomic E-state index is 0.320. The minimum atomic E-state index is 0.320. The molecule has 0 saturated heterocycles. The van der Waals surface area contributed by atoms with Crippen LogP contribution in [0.1, 0.15) is 44.5 Å². The number of likely N-dealkylation sites (N-methyl/N-ethyl adjacent to an activating group) is 1. The van der Waals surface area contributed by atoms with E-state index in [0.29, 0.717) is 12.1 Å². The second kappa shape index (κ2) is 6.49. The number of rotatable bonds is 4. The molecule has 2 N–H and O–H groups in total. The zero-order valence-corrected chi connectivity index (χ0v) is 12.5. The molecule has 1 saturated carbocycles. The van der Waals surface area contributed by atoms with Crippen molar-refractivity contribution >= 4 is 0 Å².